The Hall–Kier alpha value is -1.28. The Balaban J connectivity index is 4.51. The number of aliphatic hydroxyl groups excluding tert-OH is 1. The van der Waals surface area contributed by atoms with Crippen molar-refractivity contribution in [3.63, 3.8) is 0 Å². The predicted octanol–water partition coefficient (Wildman–Crippen LogP) is 11.9. The highest BCUT2D eigenvalue weighted by Crippen LogP contribution is 2.43. The SMILES string of the molecule is CCCCCCCCCCC/C=C/CC/C=C/CC/C=C/C(O)C(COP(=O)(O)OCC[N+](C)(C)C)NC(=O)CCCCCCCCCCCCCC. The van der Waals surface area contributed by atoms with E-state index in [0.29, 0.717) is 17.4 Å². The van der Waals surface area contributed by atoms with Crippen molar-refractivity contribution in [2.24, 2.45) is 0 Å². The molecule has 0 aliphatic rings. The molecule has 0 aromatic carbocycles. The van der Waals surface area contributed by atoms with Gasteiger partial charge in [-0.2, -0.15) is 0 Å². The lowest BCUT2D eigenvalue weighted by atomic mass is 10.0. The zero-order valence-corrected chi connectivity index (χ0v) is 36.1. The molecule has 0 saturated heterocycles. The third-order valence-corrected chi connectivity index (χ3v) is 10.6. The molecule has 8 nitrogen and oxygen atoms in total. The molecule has 3 atom stereocenters. The summed E-state index contributed by atoms with van der Waals surface area (Å²) < 4.78 is 23.5. The van der Waals surface area contributed by atoms with Gasteiger partial charge in [0.2, 0.25) is 5.91 Å². The van der Waals surface area contributed by atoms with Gasteiger partial charge in [-0.25, -0.2) is 4.57 Å². The number of amides is 1. The van der Waals surface area contributed by atoms with Gasteiger partial charge in [-0.3, -0.25) is 13.8 Å². The van der Waals surface area contributed by atoms with Gasteiger partial charge < -0.3 is 19.8 Å². The van der Waals surface area contributed by atoms with Gasteiger partial charge in [0.05, 0.1) is 39.9 Å². The summed E-state index contributed by atoms with van der Waals surface area (Å²) in [6, 6.07) is -0.864. The normalized spacial score (nSPS) is 14.8. The van der Waals surface area contributed by atoms with Gasteiger partial charge >= 0.3 is 7.82 Å². The first-order valence-corrected chi connectivity index (χ1v) is 23.4. The Morgan fingerprint density at radius 3 is 1.51 bits per heavy atom. The fraction of sp³-hybridized carbons (Fsp3) is 0.841. The van der Waals surface area contributed by atoms with Crippen molar-refractivity contribution in [1.29, 1.82) is 0 Å². The van der Waals surface area contributed by atoms with Gasteiger partial charge in [0, 0.05) is 6.42 Å². The number of phosphoric ester groups is 1. The van der Waals surface area contributed by atoms with Gasteiger partial charge in [-0.05, 0) is 44.9 Å². The molecule has 0 radical (unpaired) electrons. The van der Waals surface area contributed by atoms with Gasteiger partial charge in [-0.15, -0.1) is 0 Å². The van der Waals surface area contributed by atoms with Crippen molar-refractivity contribution >= 4 is 13.7 Å². The molecule has 0 aromatic heterocycles. The van der Waals surface area contributed by atoms with Crippen molar-refractivity contribution < 1.29 is 32.9 Å². The van der Waals surface area contributed by atoms with Crippen LogP contribution in [0.1, 0.15) is 187 Å². The molecule has 3 N–H and O–H groups in total. The maximum atomic E-state index is 12.8. The number of carbonyl (C=O) groups is 1. The Bertz CT molecular complexity index is 964. The smallest absolute Gasteiger partial charge is 0.387 e. The summed E-state index contributed by atoms with van der Waals surface area (Å²) in [7, 11) is 1.55. The first-order chi connectivity index (χ1) is 25.5. The Morgan fingerprint density at radius 1 is 0.623 bits per heavy atom. The number of phosphoric acid groups is 1. The molecule has 0 saturated carbocycles. The molecule has 0 aliphatic heterocycles. The van der Waals surface area contributed by atoms with Crippen LogP contribution >= 0.6 is 7.82 Å². The van der Waals surface area contributed by atoms with E-state index in [1.165, 1.54) is 122 Å². The molecule has 0 fully saturated rings. The summed E-state index contributed by atoms with van der Waals surface area (Å²) in [5, 5.41) is 13.8. The summed E-state index contributed by atoms with van der Waals surface area (Å²) in [5.74, 6) is -0.193. The van der Waals surface area contributed by atoms with Crippen LogP contribution in [0.25, 0.3) is 0 Å². The number of rotatable bonds is 39. The number of nitrogens with zero attached hydrogens (tertiary/aromatic N) is 1. The first kappa shape index (κ1) is 51.7. The summed E-state index contributed by atoms with van der Waals surface area (Å²) in [5.41, 5.74) is 0. The van der Waals surface area contributed by atoms with Gasteiger partial charge in [0.1, 0.15) is 13.2 Å². The second-order valence-corrected chi connectivity index (χ2v) is 17.5. The second kappa shape index (κ2) is 36.4. The van der Waals surface area contributed by atoms with Gasteiger partial charge in [0.15, 0.2) is 0 Å². The largest absolute Gasteiger partial charge is 0.472 e. The maximum absolute atomic E-state index is 12.8. The van der Waals surface area contributed by atoms with Crippen LogP contribution in [0.4, 0.5) is 0 Å². The van der Waals surface area contributed by atoms with Crippen molar-refractivity contribution in [3.8, 4) is 0 Å². The van der Waals surface area contributed by atoms with E-state index in [0.717, 1.165) is 44.9 Å². The van der Waals surface area contributed by atoms with Crippen LogP contribution in [-0.4, -0.2) is 73.4 Å². The number of aliphatic hydroxyl groups is 1. The molecule has 0 rings (SSSR count). The maximum Gasteiger partial charge on any atom is 0.472 e. The standard InChI is InChI=1S/C44H85N2O6P/c1-6-8-10-12-14-16-18-20-21-22-23-24-25-26-27-29-31-33-35-37-43(47)42(41-52-53(49,50)51-40-39-46(3,4)5)45-44(48)38-36-34-32-30-28-19-17-15-13-11-9-7-2/h23-24,27,29,35,37,42-43,47H,6-22,25-26,28,30-34,36,38-41H2,1-5H3,(H-,45,48,49,50)/p+1/b24-23+,29-27+,37-35+. The van der Waals surface area contributed by atoms with Crippen LogP contribution in [0.15, 0.2) is 36.5 Å². The van der Waals surface area contributed by atoms with Crippen LogP contribution in [0.5, 0.6) is 0 Å². The van der Waals surface area contributed by atoms with E-state index < -0.39 is 20.0 Å². The second-order valence-electron chi connectivity index (χ2n) is 16.1. The Morgan fingerprint density at radius 2 is 1.04 bits per heavy atom. The van der Waals surface area contributed by atoms with Gasteiger partial charge in [0.25, 0.3) is 0 Å². The lowest BCUT2D eigenvalue weighted by Gasteiger charge is -2.25. The number of carbonyl (C=O) groups excluding carboxylic acids is 1. The van der Waals surface area contributed by atoms with Crippen LogP contribution in [0.3, 0.4) is 0 Å². The molecule has 0 bridgehead atoms. The minimum Gasteiger partial charge on any atom is -0.387 e. The highest BCUT2D eigenvalue weighted by molar-refractivity contribution is 7.47. The van der Waals surface area contributed by atoms with E-state index in [-0.39, 0.29) is 19.1 Å². The van der Waals surface area contributed by atoms with Crippen molar-refractivity contribution in [1.82, 2.24) is 5.32 Å². The van der Waals surface area contributed by atoms with Crippen molar-refractivity contribution in [2.45, 2.75) is 199 Å². The van der Waals surface area contributed by atoms with Crippen LogP contribution < -0.4 is 5.32 Å². The Labute approximate surface area is 327 Å². The van der Waals surface area contributed by atoms with Gasteiger partial charge in [-0.1, -0.05) is 172 Å². The minimum atomic E-state index is -4.34. The zero-order chi connectivity index (χ0) is 39.3. The fourth-order valence-electron chi connectivity index (χ4n) is 6.07. The topological polar surface area (TPSA) is 105 Å². The molecule has 9 heteroatoms. The van der Waals surface area contributed by atoms with E-state index in [9.17, 15) is 19.4 Å². The molecule has 0 spiro atoms. The van der Waals surface area contributed by atoms with Crippen LogP contribution in [0, 0.1) is 0 Å². The van der Waals surface area contributed by atoms with Crippen LogP contribution in [-0.2, 0) is 18.4 Å². The number of allylic oxidation sites excluding steroid dienone is 5. The summed E-state index contributed by atoms with van der Waals surface area (Å²) in [6.07, 6.45) is 43.6. The van der Waals surface area contributed by atoms with E-state index in [4.69, 9.17) is 9.05 Å². The fourth-order valence-corrected chi connectivity index (χ4v) is 6.81. The number of hydrogen-bond acceptors (Lipinski definition) is 5. The third kappa shape index (κ3) is 38.8. The lowest BCUT2D eigenvalue weighted by molar-refractivity contribution is -0.870. The predicted molar refractivity (Wildman–Crippen MR) is 226 cm³/mol. The Kier molecular flexibility index (Phi) is 35.5. The van der Waals surface area contributed by atoms with Crippen molar-refractivity contribution in [2.75, 3.05) is 40.9 Å². The number of likely N-dealkylation sites (N-methyl/N-ethyl adjacent to an activating group) is 1. The molecular formula is C44H86N2O6P+. The lowest BCUT2D eigenvalue weighted by Crippen LogP contribution is -2.45. The molecule has 53 heavy (non-hydrogen) atoms. The minimum absolute atomic E-state index is 0.0544. The highest BCUT2D eigenvalue weighted by Gasteiger charge is 2.27. The summed E-state index contributed by atoms with van der Waals surface area (Å²) in [6.45, 7) is 4.77. The zero-order valence-electron chi connectivity index (χ0n) is 35.3. The monoisotopic (exact) mass is 770 g/mol. The van der Waals surface area contributed by atoms with E-state index in [1.54, 1.807) is 6.08 Å². The highest BCUT2D eigenvalue weighted by atomic mass is 31.2. The molecule has 1 amide bonds. The number of quaternary nitrogens is 1. The molecule has 3 unspecified atom stereocenters. The number of nitrogens with one attached hydrogen (secondary N) is 1. The van der Waals surface area contributed by atoms with E-state index in [2.05, 4.69) is 43.5 Å². The first-order valence-electron chi connectivity index (χ1n) is 21.9. The molecule has 0 aliphatic carbocycles. The number of unbranched alkanes of at least 4 members (excludes halogenated alkanes) is 22. The number of hydrogen-bond donors (Lipinski definition) is 3. The molecular weight excluding hydrogens is 683 g/mol. The summed E-state index contributed by atoms with van der Waals surface area (Å²) in [4.78, 5) is 23.0. The van der Waals surface area contributed by atoms with E-state index in [1.807, 2.05) is 27.2 Å². The van der Waals surface area contributed by atoms with E-state index >= 15 is 0 Å². The van der Waals surface area contributed by atoms with Crippen molar-refractivity contribution in [3.05, 3.63) is 36.5 Å². The quantitative estimate of drug-likeness (QED) is 0.0249. The average molecular weight is 770 g/mol. The molecule has 0 heterocycles. The molecule has 0 aromatic rings. The summed E-state index contributed by atoms with van der Waals surface area (Å²) >= 11 is 0. The third-order valence-electron chi connectivity index (χ3n) is 9.59. The average Bonchev–Trinajstić information content (AvgIpc) is 3.10. The van der Waals surface area contributed by atoms with Crippen LogP contribution in [0.2, 0.25) is 0 Å². The molecule has 312 valence electrons.